The number of thioether (sulfide) groups is 1. The summed E-state index contributed by atoms with van der Waals surface area (Å²) in [5.74, 6) is 0.451. The van der Waals surface area contributed by atoms with E-state index in [0.29, 0.717) is 5.75 Å². The van der Waals surface area contributed by atoms with Gasteiger partial charge in [-0.2, -0.15) is 0 Å². The zero-order chi connectivity index (χ0) is 18.1. The molecular formula is C21H26N2OS. The molecule has 0 aliphatic carbocycles. The van der Waals surface area contributed by atoms with Gasteiger partial charge in [0.05, 0.1) is 11.5 Å². The number of aliphatic hydroxyl groups is 1. The van der Waals surface area contributed by atoms with Gasteiger partial charge < -0.3 is 10.0 Å². The van der Waals surface area contributed by atoms with Crippen molar-refractivity contribution in [3.05, 3.63) is 71.8 Å². The molecular weight excluding hydrogens is 328 g/mol. The second-order valence-electron chi connectivity index (χ2n) is 7.55. The average molecular weight is 355 g/mol. The van der Waals surface area contributed by atoms with Crippen molar-refractivity contribution in [3.63, 3.8) is 0 Å². The van der Waals surface area contributed by atoms with E-state index in [1.54, 1.807) is 11.8 Å². The van der Waals surface area contributed by atoms with E-state index in [9.17, 15) is 5.11 Å². The lowest BCUT2D eigenvalue weighted by atomic mass is 9.82. The summed E-state index contributed by atoms with van der Waals surface area (Å²) in [6, 6.07) is 20.5. The van der Waals surface area contributed by atoms with Gasteiger partial charge in [-0.1, -0.05) is 72.4 Å². The zero-order valence-corrected chi connectivity index (χ0v) is 16.1. The summed E-state index contributed by atoms with van der Waals surface area (Å²) in [6.07, 6.45) is 0. The lowest BCUT2D eigenvalue weighted by molar-refractivity contribution is -0.0436. The van der Waals surface area contributed by atoms with Gasteiger partial charge in [0.25, 0.3) is 0 Å². The van der Waals surface area contributed by atoms with Crippen LogP contribution in [0.15, 0.2) is 65.7 Å². The molecule has 1 saturated heterocycles. The molecule has 1 fully saturated rings. The number of amidine groups is 1. The van der Waals surface area contributed by atoms with Crippen LogP contribution in [0.25, 0.3) is 0 Å². The molecule has 1 atom stereocenters. The first-order chi connectivity index (χ1) is 11.8. The van der Waals surface area contributed by atoms with Crippen molar-refractivity contribution < 1.29 is 5.11 Å². The van der Waals surface area contributed by atoms with Gasteiger partial charge in [-0.15, -0.1) is 0 Å². The standard InChI is InChI=1S/C21H26N2OS/c1-20(2,3)22-19-23(4)21(24,15-25-19)18(16-11-7-5-8-12-16)17-13-9-6-10-14-17/h5-14,18,24H,15H2,1-4H3. The largest absolute Gasteiger partial charge is 0.369 e. The van der Waals surface area contributed by atoms with Gasteiger partial charge in [-0.05, 0) is 31.9 Å². The average Bonchev–Trinajstić information content (AvgIpc) is 2.85. The van der Waals surface area contributed by atoms with Gasteiger partial charge in [-0.3, -0.25) is 4.99 Å². The molecule has 0 spiro atoms. The van der Waals surface area contributed by atoms with E-state index in [0.717, 1.165) is 16.3 Å². The van der Waals surface area contributed by atoms with Gasteiger partial charge in [-0.25, -0.2) is 0 Å². The third-order valence-corrected chi connectivity index (χ3v) is 5.63. The van der Waals surface area contributed by atoms with Crippen molar-refractivity contribution in [2.24, 2.45) is 4.99 Å². The lowest BCUT2D eigenvalue weighted by Crippen LogP contribution is -2.50. The SMILES string of the molecule is CN1C(=NC(C)(C)C)SCC1(O)C(c1ccccc1)c1ccccc1. The Hall–Kier alpha value is -1.78. The van der Waals surface area contributed by atoms with Crippen LogP contribution in [0.5, 0.6) is 0 Å². The van der Waals surface area contributed by atoms with Crippen molar-refractivity contribution in [1.82, 2.24) is 4.90 Å². The second-order valence-corrected chi connectivity index (χ2v) is 8.49. The van der Waals surface area contributed by atoms with Crippen LogP contribution >= 0.6 is 11.8 Å². The maximum atomic E-state index is 11.7. The molecule has 1 heterocycles. The molecule has 4 heteroatoms. The first-order valence-corrected chi connectivity index (χ1v) is 9.58. The number of nitrogens with zero attached hydrogens (tertiary/aromatic N) is 2. The van der Waals surface area contributed by atoms with Gasteiger partial charge in [0, 0.05) is 12.8 Å². The van der Waals surface area contributed by atoms with E-state index in [1.165, 1.54) is 0 Å². The monoisotopic (exact) mass is 354 g/mol. The molecule has 1 aliphatic rings. The zero-order valence-electron chi connectivity index (χ0n) is 15.3. The van der Waals surface area contributed by atoms with E-state index < -0.39 is 5.72 Å². The Morgan fingerprint density at radius 1 is 1.00 bits per heavy atom. The Labute approximate surface area is 154 Å². The van der Waals surface area contributed by atoms with E-state index in [4.69, 9.17) is 4.99 Å². The van der Waals surface area contributed by atoms with E-state index in [-0.39, 0.29) is 11.5 Å². The summed E-state index contributed by atoms with van der Waals surface area (Å²) < 4.78 is 0. The van der Waals surface area contributed by atoms with Gasteiger partial charge in [0.2, 0.25) is 0 Å². The minimum Gasteiger partial charge on any atom is -0.369 e. The van der Waals surface area contributed by atoms with Crippen molar-refractivity contribution in [2.75, 3.05) is 12.8 Å². The molecule has 0 bridgehead atoms. The highest BCUT2D eigenvalue weighted by Crippen LogP contribution is 2.44. The van der Waals surface area contributed by atoms with E-state index in [2.05, 4.69) is 45.0 Å². The molecule has 0 saturated carbocycles. The maximum Gasteiger partial charge on any atom is 0.161 e. The van der Waals surface area contributed by atoms with Crippen LogP contribution in [0.4, 0.5) is 0 Å². The summed E-state index contributed by atoms with van der Waals surface area (Å²) in [6.45, 7) is 6.24. The van der Waals surface area contributed by atoms with Crippen LogP contribution in [0.2, 0.25) is 0 Å². The van der Waals surface area contributed by atoms with Crippen molar-refractivity contribution in [1.29, 1.82) is 0 Å². The Balaban J connectivity index is 2.06. The van der Waals surface area contributed by atoms with Crippen LogP contribution in [0.3, 0.4) is 0 Å². The van der Waals surface area contributed by atoms with E-state index >= 15 is 0 Å². The second kappa shape index (κ2) is 6.85. The molecule has 132 valence electrons. The summed E-state index contributed by atoms with van der Waals surface area (Å²) in [5, 5.41) is 12.6. The van der Waals surface area contributed by atoms with Crippen molar-refractivity contribution >= 4 is 16.9 Å². The summed E-state index contributed by atoms with van der Waals surface area (Å²) in [4.78, 5) is 6.75. The van der Waals surface area contributed by atoms with Crippen LogP contribution in [0.1, 0.15) is 37.8 Å². The fraction of sp³-hybridized carbons (Fsp3) is 0.381. The minimum absolute atomic E-state index is 0.139. The lowest BCUT2D eigenvalue weighted by Gasteiger charge is -2.39. The van der Waals surface area contributed by atoms with Crippen LogP contribution in [0, 0.1) is 0 Å². The topological polar surface area (TPSA) is 35.8 Å². The molecule has 2 aromatic carbocycles. The summed E-state index contributed by atoms with van der Waals surface area (Å²) in [7, 11) is 1.95. The number of hydrogen-bond acceptors (Lipinski definition) is 3. The molecule has 1 aliphatic heterocycles. The van der Waals surface area contributed by atoms with Gasteiger partial charge in [0.1, 0.15) is 0 Å². The fourth-order valence-electron chi connectivity index (χ4n) is 3.22. The Bertz CT molecular complexity index is 700. The number of likely N-dealkylation sites (N-methyl/N-ethyl adjacent to an activating group) is 1. The highest BCUT2D eigenvalue weighted by Gasteiger charge is 2.48. The third-order valence-electron chi connectivity index (χ3n) is 4.44. The highest BCUT2D eigenvalue weighted by atomic mass is 32.2. The molecule has 1 unspecified atom stereocenters. The third kappa shape index (κ3) is 3.75. The number of hydrogen-bond donors (Lipinski definition) is 1. The van der Waals surface area contributed by atoms with Gasteiger partial charge >= 0.3 is 0 Å². The molecule has 2 aromatic rings. The molecule has 1 N–H and O–H groups in total. The number of rotatable bonds is 3. The Morgan fingerprint density at radius 3 is 1.92 bits per heavy atom. The number of benzene rings is 2. The predicted molar refractivity (Wildman–Crippen MR) is 107 cm³/mol. The molecule has 25 heavy (non-hydrogen) atoms. The number of aliphatic imine (C=N–C) groups is 1. The maximum absolute atomic E-state index is 11.7. The molecule has 3 rings (SSSR count). The first-order valence-electron chi connectivity index (χ1n) is 8.60. The van der Waals surface area contributed by atoms with Crippen molar-refractivity contribution in [3.8, 4) is 0 Å². The van der Waals surface area contributed by atoms with Crippen LogP contribution in [-0.2, 0) is 0 Å². The quantitative estimate of drug-likeness (QED) is 0.891. The molecule has 3 nitrogen and oxygen atoms in total. The first kappa shape index (κ1) is 18.0. The Morgan fingerprint density at radius 2 is 1.48 bits per heavy atom. The van der Waals surface area contributed by atoms with Crippen LogP contribution in [-0.4, -0.2) is 39.2 Å². The van der Waals surface area contributed by atoms with Crippen LogP contribution < -0.4 is 0 Å². The predicted octanol–water partition coefficient (Wildman–Crippen LogP) is 4.34. The molecule has 0 radical (unpaired) electrons. The summed E-state index contributed by atoms with van der Waals surface area (Å²) >= 11 is 1.63. The molecule has 0 amide bonds. The van der Waals surface area contributed by atoms with Crippen molar-refractivity contribution in [2.45, 2.75) is 38.0 Å². The smallest absolute Gasteiger partial charge is 0.161 e. The summed E-state index contributed by atoms with van der Waals surface area (Å²) in [5.41, 5.74) is 1.04. The normalized spacial score (nSPS) is 22.8. The highest BCUT2D eigenvalue weighted by molar-refractivity contribution is 8.14. The molecule has 0 aromatic heterocycles. The Kier molecular flexibility index (Phi) is 4.94. The van der Waals surface area contributed by atoms with E-state index in [1.807, 2.05) is 48.3 Å². The van der Waals surface area contributed by atoms with Gasteiger partial charge in [0.15, 0.2) is 10.9 Å². The fourth-order valence-corrected chi connectivity index (χ4v) is 4.61. The minimum atomic E-state index is -1.02.